The van der Waals surface area contributed by atoms with Gasteiger partial charge in [0, 0.05) is 0 Å². The van der Waals surface area contributed by atoms with E-state index >= 15 is 0 Å². The van der Waals surface area contributed by atoms with Gasteiger partial charge in [-0.1, -0.05) is 18.2 Å². The molecule has 0 saturated carbocycles. The molecule has 0 heterocycles. The number of phenols is 1. The third kappa shape index (κ3) is 1.54. The molecule has 3 rings (SSSR count). The van der Waals surface area contributed by atoms with Crippen LogP contribution in [0.1, 0.15) is 22.3 Å². The summed E-state index contributed by atoms with van der Waals surface area (Å²) in [4.78, 5) is 0. The van der Waals surface area contributed by atoms with E-state index in [4.69, 9.17) is 0 Å². The molecule has 1 aliphatic carbocycles. The van der Waals surface area contributed by atoms with E-state index in [2.05, 4.69) is 32.0 Å². The van der Waals surface area contributed by atoms with E-state index in [-0.39, 0.29) is 0 Å². The molecule has 0 aliphatic heterocycles. The number of hydrogen-bond donors (Lipinski definition) is 1. The number of rotatable bonds is 0. The van der Waals surface area contributed by atoms with Crippen LogP contribution in [0.15, 0.2) is 30.3 Å². The average molecular weight is 224 g/mol. The molecule has 2 aromatic carbocycles. The summed E-state index contributed by atoms with van der Waals surface area (Å²) >= 11 is 0. The Labute approximate surface area is 102 Å². The highest BCUT2D eigenvalue weighted by atomic mass is 16.3. The van der Waals surface area contributed by atoms with Crippen LogP contribution in [0.3, 0.4) is 0 Å². The van der Waals surface area contributed by atoms with Crippen LogP contribution in [0.5, 0.6) is 5.75 Å². The lowest BCUT2D eigenvalue weighted by atomic mass is 9.81. The number of benzene rings is 2. The normalized spacial score (nSPS) is 13.1. The maximum absolute atomic E-state index is 9.56. The van der Waals surface area contributed by atoms with Crippen LogP contribution in [0.2, 0.25) is 0 Å². The van der Waals surface area contributed by atoms with Crippen molar-refractivity contribution in [3.8, 4) is 16.9 Å². The lowest BCUT2D eigenvalue weighted by Crippen LogP contribution is -2.07. The monoisotopic (exact) mass is 224 g/mol. The van der Waals surface area contributed by atoms with Gasteiger partial charge in [-0.05, 0) is 72.2 Å². The van der Waals surface area contributed by atoms with Gasteiger partial charge in [0.25, 0.3) is 0 Å². The van der Waals surface area contributed by atoms with E-state index in [1.807, 2.05) is 6.07 Å². The minimum absolute atomic E-state index is 0.373. The Balaban J connectivity index is 2.32. The molecule has 17 heavy (non-hydrogen) atoms. The van der Waals surface area contributed by atoms with Crippen molar-refractivity contribution in [1.29, 1.82) is 0 Å². The third-order valence-electron chi connectivity index (χ3n) is 3.76. The van der Waals surface area contributed by atoms with Gasteiger partial charge in [0.2, 0.25) is 0 Å². The number of aromatic hydroxyl groups is 1. The highest BCUT2D eigenvalue weighted by Gasteiger charge is 2.19. The Morgan fingerprint density at radius 3 is 2.53 bits per heavy atom. The molecule has 0 saturated heterocycles. The fourth-order valence-corrected chi connectivity index (χ4v) is 2.86. The maximum Gasteiger partial charge on any atom is 0.115 e. The molecule has 1 nitrogen and oxygen atoms in total. The van der Waals surface area contributed by atoms with Crippen LogP contribution >= 0.6 is 0 Å². The summed E-state index contributed by atoms with van der Waals surface area (Å²) < 4.78 is 0. The predicted octanol–water partition coefficient (Wildman–Crippen LogP) is 3.77. The second-order valence-electron chi connectivity index (χ2n) is 4.89. The van der Waals surface area contributed by atoms with E-state index in [9.17, 15) is 5.11 Å². The van der Waals surface area contributed by atoms with Crippen molar-refractivity contribution in [3.05, 3.63) is 52.6 Å². The highest BCUT2D eigenvalue weighted by molar-refractivity contribution is 5.77. The molecule has 1 heteroatoms. The molecule has 1 N–H and O–H groups in total. The first-order chi connectivity index (χ1) is 8.16. The van der Waals surface area contributed by atoms with Crippen molar-refractivity contribution in [2.75, 3.05) is 0 Å². The summed E-state index contributed by atoms with van der Waals surface area (Å²) in [5.74, 6) is 0.373. The van der Waals surface area contributed by atoms with Gasteiger partial charge in [0.05, 0.1) is 0 Å². The first-order valence-corrected chi connectivity index (χ1v) is 6.08. The Morgan fingerprint density at radius 1 is 0.941 bits per heavy atom. The van der Waals surface area contributed by atoms with Gasteiger partial charge in [0.15, 0.2) is 0 Å². The Hall–Kier alpha value is -1.76. The molecule has 2 aromatic rings. The fraction of sp³-hybridized carbons (Fsp3) is 0.250. The Kier molecular flexibility index (Phi) is 2.22. The topological polar surface area (TPSA) is 20.2 Å². The SMILES string of the molecule is Cc1ccc(C)c2c1CCc1cc(O)ccc1-2. The van der Waals surface area contributed by atoms with Gasteiger partial charge in [0.1, 0.15) is 5.75 Å². The van der Waals surface area contributed by atoms with Crippen molar-refractivity contribution >= 4 is 0 Å². The average Bonchev–Trinajstić information content (AvgIpc) is 2.32. The third-order valence-corrected chi connectivity index (χ3v) is 3.76. The Morgan fingerprint density at radius 2 is 1.71 bits per heavy atom. The largest absolute Gasteiger partial charge is 0.508 e. The van der Waals surface area contributed by atoms with Gasteiger partial charge >= 0.3 is 0 Å². The minimum Gasteiger partial charge on any atom is -0.508 e. The Bertz CT molecular complexity index is 597. The lowest BCUT2D eigenvalue weighted by molar-refractivity contribution is 0.474. The van der Waals surface area contributed by atoms with Crippen molar-refractivity contribution < 1.29 is 5.11 Å². The van der Waals surface area contributed by atoms with Gasteiger partial charge in [-0.25, -0.2) is 0 Å². The van der Waals surface area contributed by atoms with E-state index in [1.54, 1.807) is 6.07 Å². The van der Waals surface area contributed by atoms with Gasteiger partial charge < -0.3 is 5.11 Å². The van der Waals surface area contributed by atoms with Gasteiger partial charge in [-0.2, -0.15) is 0 Å². The van der Waals surface area contributed by atoms with Crippen LogP contribution in [0.25, 0.3) is 11.1 Å². The summed E-state index contributed by atoms with van der Waals surface area (Å²) in [6, 6.07) is 10.1. The molecule has 0 spiro atoms. The molecular weight excluding hydrogens is 208 g/mol. The molecule has 0 amide bonds. The van der Waals surface area contributed by atoms with Crippen molar-refractivity contribution in [1.82, 2.24) is 0 Å². The molecule has 0 bridgehead atoms. The van der Waals surface area contributed by atoms with Crippen LogP contribution in [-0.2, 0) is 12.8 Å². The zero-order valence-corrected chi connectivity index (χ0v) is 10.2. The smallest absolute Gasteiger partial charge is 0.115 e. The van der Waals surface area contributed by atoms with E-state index < -0.39 is 0 Å². The zero-order chi connectivity index (χ0) is 12.0. The zero-order valence-electron chi connectivity index (χ0n) is 10.2. The number of hydrogen-bond acceptors (Lipinski definition) is 1. The van der Waals surface area contributed by atoms with E-state index in [0.717, 1.165) is 12.8 Å². The molecule has 0 fully saturated rings. The molecule has 0 aromatic heterocycles. The standard InChI is InChI=1S/C16H16O/c1-10-3-4-11(2)16-14(10)7-5-12-9-13(17)6-8-15(12)16/h3-4,6,8-9,17H,5,7H2,1-2H3. The minimum atomic E-state index is 0.373. The van der Waals surface area contributed by atoms with E-state index in [1.165, 1.54) is 33.4 Å². The van der Waals surface area contributed by atoms with Crippen LogP contribution in [0.4, 0.5) is 0 Å². The molecule has 0 radical (unpaired) electrons. The summed E-state index contributed by atoms with van der Waals surface area (Å²) in [5.41, 5.74) is 8.13. The molecule has 0 unspecified atom stereocenters. The lowest BCUT2D eigenvalue weighted by Gasteiger charge is -2.23. The number of fused-ring (bicyclic) bond motifs is 3. The van der Waals surface area contributed by atoms with E-state index in [0.29, 0.717) is 5.75 Å². The van der Waals surface area contributed by atoms with Crippen LogP contribution in [-0.4, -0.2) is 5.11 Å². The summed E-state index contributed by atoms with van der Waals surface area (Å²) in [6.45, 7) is 4.35. The van der Waals surface area contributed by atoms with Gasteiger partial charge in [-0.15, -0.1) is 0 Å². The van der Waals surface area contributed by atoms with Crippen molar-refractivity contribution in [3.63, 3.8) is 0 Å². The number of phenolic OH excluding ortho intramolecular Hbond substituents is 1. The second-order valence-corrected chi connectivity index (χ2v) is 4.89. The first-order valence-electron chi connectivity index (χ1n) is 6.08. The quantitative estimate of drug-likeness (QED) is 0.722. The second kappa shape index (κ2) is 3.63. The molecule has 0 atom stereocenters. The van der Waals surface area contributed by atoms with Crippen LogP contribution < -0.4 is 0 Å². The fourth-order valence-electron chi connectivity index (χ4n) is 2.86. The summed E-state index contributed by atoms with van der Waals surface area (Å²) in [6.07, 6.45) is 2.11. The number of aryl methyl sites for hydroxylation is 3. The predicted molar refractivity (Wildman–Crippen MR) is 70.4 cm³/mol. The van der Waals surface area contributed by atoms with Crippen molar-refractivity contribution in [2.45, 2.75) is 26.7 Å². The first kappa shape index (κ1) is 10.4. The molecular formula is C16H16O. The molecule has 1 aliphatic rings. The summed E-state index contributed by atoms with van der Waals surface area (Å²) in [5, 5.41) is 9.56. The van der Waals surface area contributed by atoms with Crippen LogP contribution in [0, 0.1) is 13.8 Å². The molecule has 86 valence electrons. The highest BCUT2D eigenvalue weighted by Crippen LogP contribution is 2.38. The summed E-state index contributed by atoms with van der Waals surface area (Å²) in [7, 11) is 0. The maximum atomic E-state index is 9.56. The van der Waals surface area contributed by atoms with Gasteiger partial charge in [-0.3, -0.25) is 0 Å². The van der Waals surface area contributed by atoms with Crippen molar-refractivity contribution in [2.24, 2.45) is 0 Å².